The highest BCUT2D eigenvalue weighted by molar-refractivity contribution is 5.67. The summed E-state index contributed by atoms with van der Waals surface area (Å²) in [6, 6.07) is 10.1. The third kappa shape index (κ3) is 4.23. The number of carbonyl (C=O) groups excluding carboxylic acids is 1. The van der Waals surface area contributed by atoms with Crippen LogP contribution in [0.5, 0.6) is 0 Å². The summed E-state index contributed by atoms with van der Waals surface area (Å²) in [5.41, 5.74) is 1.21. The second-order valence-electron chi connectivity index (χ2n) is 5.74. The normalized spacial score (nSPS) is 21.4. The number of carbonyl (C=O) groups is 1. The molecule has 0 heterocycles. The van der Waals surface area contributed by atoms with Crippen LogP contribution in [-0.4, -0.2) is 12.7 Å². The van der Waals surface area contributed by atoms with Gasteiger partial charge in [-0.05, 0) is 37.2 Å². The van der Waals surface area contributed by atoms with Crippen molar-refractivity contribution in [1.29, 1.82) is 0 Å². The smallest absolute Gasteiger partial charge is 0.407 e. The molecule has 1 N–H and O–H groups in total. The van der Waals surface area contributed by atoms with E-state index in [-0.39, 0.29) is 17.6 Å². The van der Waals surface area contributed by atoms with E-state index in [0.717, 1.165) is 24.8 Å². The number of benzene rings is 1. The van der Waals surface area contributed by atoms with E-state index < -0.39 is 0 Å². The number of allylic oxidation sites excluding steroid dienone is 4. The summed E-state index contributed by atoms with van der Waals surface area (Å²) in [6.45, 7) is 4.41. The van der Waals surface area contributed by atoms with Crippen LogP contribution < -0.4 is 5.32 Å². The first kappa shape index (κ1) is 16.3. The van der Waals surface area contributed by atoms with E-state index in [1.807, 2.05) is 25.1 Å². The Kier molecular flexibility index (Phi) is 5.82. The van der Waals surface area contributed by atoms with Crippen molar-refractivity contribution in [2.24, 2.45) is 5.41 Å². The first-order valence-corrected chi connectivity index (χ1v) is 8.02. The quantitative estimate of drug-likeness (QED) is 0.821. The topological polar surface area (TPSA) is 38.3 Å². The van der Waals surface area contributed by atoms with Crippen molar-refractivity contribution in [2.45, 2.75) is 39.2 Å². The lowest BCUT2D eigenvalue weighted by Gasteiger charge is -2.34. The number of nitrogens with one attached hydrogen (secondary N) is 1. The standard InChI is InChI=1S/C19H25NO2/c1-3-19(13-9-6-10-14-19)15-17(20-18(21)22-4-2)16-11-7-5-8-12-16/h5-13,17H,3-4,14-15H2,1-2H3,(H,20,21). The molecule has 1 aliphatic rings. The van der Waals surface area contributed by atoms with E-state index in [1.165, 1.54) is 0 Å². The van der Waals surface area contributed by atoms with Gasteiger partial charge in [0.15, 0.2) is 0 Å². The minimum Gasteiger partial charge on any atom is -0.450 e. The molecular formula is C19H25NO2. The van der Waals surface area contributed by atoms with Crippen LogP contribution in [0.3, 0.4) is 0 Å². The Balaban J connectivity index is 2.18. The Bertz CT molecular complexity index is 536. The molecule has 0 aromatic heterocycles. The molecule has 1 aromatic rings. The molecule has 2 atom stereocenters. The predicted molar refractivity (Wildman–Crippen MR) is 89.6 cm³/mol. The number of hydrogen-bond acceptors (Lipinski definition) is 2. The summed E-state index contributed by atoms with van der Waals surface area (Å²) in [7, 11) is 0. The molecule has 0 fully saturated rings. The van der Waals surface area contributed by atoms with Crippen LogP contribution in [0, 0.1) is 5.41 Å². The summed E-state index contributed by atoms with van der Waals surface area (Å²) in [5.74, 6) is 0. The number of hydrogen-bond donors (Lipinski definition) is 1. The van der Waals surface area contributed by atoms with Gasteiger partial charge in [0.25, 0.3) is 0 Å². The summed E-state index contributed by atoms with van der Waals surface area (Å²) < 4.78 is 5.07. The van der Waals surface area contributed by atoms with Crippen molar-refractivity contribution in [2.75, 3.05) is 6.61 Å². The van der Waals surface area contributed by atoms with Crippen molar-refractivity contribution in [3.63, 3.8) is 0 Å². The SMILES string of the molecule is CCOC(=O)NC(CC1(CC)C=CC=CC1)c1ccccc1. The van der Waals surface area contributed by atoms with Crippen molar-refractivity contribution in [3.8, 4) is 0 Å². The van der Waals surface area contributed by atoms with Crippen LogP contribution in [0.15, 0.2) is 54.6 Å². The Morgan fingerprint density at radius 2 is 2.05 bits per heavy atom. The molecule has 0 saturated carbocycles. The predicted octanol–water partition coefficient (Wildman–Crippen LogP) is 4.78. The molecule has 1 amide bonds. The summed E-state index contributed by atoms with van der Waals surface area (Å²) in [4.78, 5) is 11.9. The van der Waals surface area contributed by atoms with Crippen molar-refractivity contribution >= 4 is 6.09 Å². The molecule has 2 unspecified atom stereocenters. The fraction of sp³-hybridized carbons (Fsp3) is 0.421. The molecule has 2 rings (SSSR count). The van der Waals surface area contributed by atoms with Gasteiger partial charge in [-0.1, -0.05) is 61.6 Å². The number of amides is 1. The first-order chi connectivity index (χ1) is 10.7. The lowest BCUT2D eigenvalue weighted by Crippen LogP contribution is -2.33. The van der Waals surface area contributed by atoms with E-state index in [4.69, 9.17) is 4.74 Å². The second-order valence-corrected chi connectivity index (χ2v) is 5.74. The summed E-state index contributed by atoms with van der Waals surface area (Å²) in [5, 5.41) is 3.02. The van der Waals surface area contributed by atoms with Gasteiger partial charge in [-0.25, -0.2) is 4.79 Å². The van der Waals surface area contributed by atoms with E-state index in [1.54, 1.807) is 0 Å². The van der Waals surface area contributed by atoms with E-state index in [9.17, 15) is 4.79 Å². The largest absolute Gasteiger partial charge is 0.450 e. The van der Waals surface area contributed by atoms with Crippen LogP contribution in [-0.2, 0) is 4.74 Å². The lowest BCUT2D eigenvalue weighted by molar-refractivity contribution is 0.144. The zero-order chi connectivity index (χ0) is 15.8. The van der Waals surface area contributed by atoms with Crippen molar-refractivity contribution in [1.82, 2.24) is 5.32 Å². The molecular weight excluding hydrogens is 274 g/mol. The molecule has 22 heavy (non-hydrogen) atoms. The number of rotatable bonds is 6. The highest BCUT2D eigenvalue weighted by Gasteiger charge is 2.30. The highest BCUT2D eigenvalue weighted by atomic mass is 16.5. The van der Waals surface area contributed by atoms with Gasteiger partial charge in [-0.3, -0.25) is 0 Å². The maximum Gasteiger partial charge on any atom is 0.407 e. The van der Waals surface area contributed by atoms with Crippen LogP contribution in [0.1, 0.15) is 44.7 Å². The number of alkyl carbamates (subject to hydrolysis) is 1. The van der Waals surface area contributed by atoms with Gasteiger partial charge in [0.2, 0.25) is 0 Å². The van der Waals surface area contributed by atoms with Crippen LogP contribution in [0.2, 0.25) is 0 Å². The summed E-state index contributed by atoms with van der Waals surface area (Å²) >= 11 is 0. The second kappa shape index (κ2) is 7.83. The molecule has 0 radical (unpaired) electrons. The van der Waals surface area contributed by atoms with Gasteiger partial charge in [-0.15, -0.1) is 0 Å². The zero-order valence-electron chi connectivity index (χ0n) is 13.4. The Morgan fingerprint density at radius 3 is 2.64 bits per heavy atom. The zero-order valence-corrected chi connectivity index (χ0v) is 13.4. The summed E-state index contributed by atoms with van der Waals surface area (Å²) in [6.07, 6.45) is 11.2. The molecule has 3 nitrogen and oxygen atoms in total. The fourth-order valence-electron chi connectivity index (χ4n) is 2.93. The Labute approximate surface area is 133 Å². The average molecular weight is 299 g/mol. The third-order valence-electron chi connectivity index (χ3n) is 4.31. The van der Waals surface area contributed by atoms with E-state index in [2.05, 4.69) is 48.7 Å². The molecule has 3 heteroatoms. The molecule has 1 aromatic carbocycles. The van der Waals surface area contributed by atoms with Gasteiger partial charge in [-0.2, -0.15) is 0 Å². The molecule has 0 saturated heterocycles. The van der Waals surface area contributed by atoms with Gasteiger partial charge >= 0.3 is 6.09 Å². The maximum atomic E-state index is 11.9. The monoisotopic (exact) mass is 299 g/mol. The van der Waals surface area contributed by atoms with Gasteiger partial charge in [0.1, 0.15) is 0 Å². The molecule has 0 spiro atoms. The van der Waals surface area contributed by atoms with Crippen molar-refractivity contribution in [3.05, 3.63) is 60.2 Å². The lowest BCUT2D eigenvalue weighted by atomic mass is 9.73. The third-order valence-corrected chi connectivity index (χ3v) is 4.31. The first-order valence-electron chi connectivity index (χ1n) is 8.02. The molecule has 118 valence electrons. The van der Waals surface area contributed by atoms with Crippen LogP contribution in [0.4, 0.5) is 4.79 Å². The minimum atomic E-state index is -0.349. The van der Waals surface area contributed by atoms with Gasteiger partial charge in [0.05, 0.1) is 12.6 Å². The van der Waals surface area contributed by atoms with Crippen LogP contribution in [0.25, 0.3) is 0 Å². The van der Waals surface area contributed by atoms with Gasteiger partial charge in [0, 0.05) is 0 Å². The minimum absolute atomic E-state index is 0.0450. The van der Waals surface area contributed by atoms with E-state index in [0.29, 0.717) is 6.61 Å². The maximum absolute atomic E-state index is 11.9. The molecule has 1 aliphatic carbocycles. The van der Waals surface area contributed by atoms with Gasteiger partial charge < -0.3 is 10.1 Å². The van der Waals surface area contributed by atoms with Crippen LogP contribution >= 0.6 is 0 Å². The molecule has 0 aliphatic heterocycles. The Hall–Kier alpha value is -2.03. The average Bonchev–Trinajstić information content (AvgIpc) is 2.56. The number of ether oxygens (including phenoxy) is 1. The van der Waals surface area contributed by atoms with Crippen molar-refractivity contribution < 1.29 is 9.53 Å². The Morgan fingerprint density at radius 1 is 1.27 bits per heavy atom. The highest BCUT2D eigenvalue weighted by Crippen LogP contribution is 2.40. The fourth-order valence-corrected chi connectivity index (χ4v) is 2.93. The molecule has 0 bridgehead atoms. The van der Waals surface area contributed by atoms with E-state index >= 15 is 0 Å².